The van der Waals surface area contributed by atoms with Crippen molar-refractivity contribution in [1.29, 1.82) is 0 Å². The van der Waals surface area contributed by atoms with Gasteiger partial charge in [0, 0.05) is 26.4 Å². The van der Waals surface area contributed by atoms with Crippen LogP contribution in [0.5, 0.6) is 11.8 Å². The lowest BCUT2D eigenvalue weighted by Gasteiger charge is -2.19. The van der Waals surface area contributed by atoms with E-state index in [0.29, 0.717) is 5.03 Å². The van der Waals surface area contributed by atoms with Gasteiger partial charge in [0.05, 0.1) is 23.2 Å². The van der Waals surface area contributed by atoms with Gasteiger partial charge in [0.2, 0.25) is 0 Å². The van der Waals surface area contributed by atoms with Crippen molar-refractivity contribution in [1.82, 2.24) is 24.0 Å². The molecule has 1 aliphatic rings. The fraction of sp³-hybridized carbons (Fsp3) is 0.318. The number of benzene rings is 1. The number of aromatic nitrogens is 4. The molecule has 13 heteroatoms. The van der Waals surface area contributed by atoms with E-state index in [-0.39, 0.29) is 55.1 Å². The number of rotatable bonds is 7. The monoisotopic (exact) mass is 511 g/mol. The van der Waals surface area contributed by atoms with Gasteiger partial charge in [0.15, 0.2) is 11.2 Å². The number of alkyl halides is 3. The predicted octanol–water partition coefficient (Wildman–Crippen LogP) is 2.70. The first-order chi connectivity index (χ1) is 16.6. The summed E-state index contributed by atoms with van der Waals surface area (Å²) in [4.78, 5) is 30.3. The molecular weight excluding hydrogens is 491 g/mol. The molecule has 0 saturated carbocycles. The summed E-state index contributed by atoms with van der Waals surface area (Å²) < 4.78 is 48.8. The smallest absolute Gasteiger partial charge is 0.416 e. The second-order valence-electron chi connectivity index (χ2n) is 7.84. The Morgan fingerprint density at radius 2 is 2.03 bits per heavy atom. The molecule has 186 valence electrons. The first kappa shape index (κ1) is 24.6. The highest BCUT2D eigenvalue weighted by atomic mass is 35.5. The number of aryl methyl sites for hydroxylation is 1. The van der Waals surface area contributed by atoms with E-state index < -0.39 is 23.0 Å². The molecule has 1 unspecified atom stereocenters. The molecule has 2 aromatic heterocycles. The maximum atomic E-state index is 13.3. The van der Waals surface area contributed by atoms with Gasteiger partial charge in [0.1, 0.15) is 5.75 Å². The summed E-state index contributed by atoms with van der Waals surface area (Å²) >= 11 is 5.95. The number of halogens is 4. The van der Waals surface area contributed by atoms with Crippen LogP contribution in [0.4, 0.5) is 13.2 Å². The summed E-state index contributed by atoms with van der Waals surface area (Å²) in [7, 11) is 1.42. The Kier molecular flexibility index (Phi) is 6.77. The molecule has 1 aromatic carbocycles. The van der Waals surface area contributed by atoms with Crippen LogP contribution in [0.1, 0.15) is 12.0 Å². The minimum Gasteiger partial charge on any atom is -0.425 e. The van der Waals surface area contributed by atoms with Gasteiger partial charge in [-0.05, 0) is 30.7 Å². The van der Waals surface area contributed by atoms with E-state index >= 15 is 0 Å². The predicted molar refractivity (Wildman–Crippen MR) is 122 cm³/mol. The van der Waals surface area contributed by atoms with Crippen molar-refractivity contribution in [2.75, 3.05) is 6.61 Å². The summed E-state index contributed by atoms with van der Waals surface area (Å²) in [5.41, 5.74) is -2.17. The summed E-state index contributed by atoms with van der Waals surface area (Å²) in [5.74, 6) is -0.142. The van der Waals surface area contributed by atoms with Crippen molar-refractivity contribution in [3.05, 3.63) is 74.1 Å². The Hall–Kier alpha value is -3.51. The van der Waals surface area contributed by atoms with Crippen LogP contribution in [0.15, 0.2) is 57.2 Å². The number of nitrogens with zero attached hydrogens (tertiary/aromatic N) is 4. The number of ether oxygens (including phenoxy) is 1. The summed E-state index contributed by atoms with van der Waals surface area (Å²) in [6.45, 7) is -0.150. The molecule has 35 heavy (non-hydrogen) atoms. The number of fused-ring (bicyclic) bond motifs is 1. The van der Waals surface area contributed by atoms with E-state index in [1.165, 1.54) is 23.7 Å². The van der Waals surface area contributed by atoms with Crippen molar-refractivity contribution in [3.63, 3.8) is 0 Å². The molecule has 4 rings (SSSR count). The van der Waals surface area contributed by atoms with Crippen LogP contribution in [0.3, 0.4) is 0 Å². The van der Waals surface area contributed by atoms with Gasteiger partial charge in [-0.15, -0.1) is 0 Å². The van der Waals surface area contributed by atoms with Crippen LogP contribution in [-0.4, -0.2) is 36.4 Å². The van der Waals surface area contributed by atoms with E-state index in [0.717, 1.165) is 21.3 Å². The minimum atomic E-state index is -4.58. The van der Waals surface area contributed by atoms with Gasteiger partial charge >= 0.3 is 17.9 Å². The molecule has 0 bridgehead atoms. The lowest BCUT2D eigenvalue weighted by Crippen LogP contribution is -2.40. The summed E-state index contributed by atoms with van der Waals surface area (Å²) in [6, 6.07) is 3.73. The number of imidazole rings is 1. The second-order valence-corrected chi connectivity index (χ2v) is 8.28. The van der Waals surface area contributed by atoms with E-state index in [2.05, 4.69) is 10.3 Å². The molecular formula is C22H21ClF3N5O4. The second kappa shape index (κ2) is 9.62. The minimum absolute atomic E-state index is 0.00980. The molecule has 2 N–H and O–H groups in total. The largest absolute Gasteiger partial charge is 0.425 e. The van der Waals surface area contributed by atoms with Crippen LogP contribution < -0.4 is 21.3 Å². The summed E-state index contributed by atoms with van der Waals surface area (Å²) in [5, 5.41) is 12.7. The number of aliphatic hydroxyl groups excluding tert-OH is 1. The number of aliphatic hydroxyl groups is 1. The van der Waals surface area contributed by atoms with Gasteiger partial charge in [0.25, 0.3) is 5.56 Å². The quantitative estimate of drug-likeness (QED) is 0.505. The Morgan fingerprint density at radius 1 is 1.26 bits per heavy atom. The Balaban J connectivity index is 1.87. The Labute approximate surface area is 201 Å². The van der Waals surface area contributed by atoms with Crippen molar-refractivity contribution in [2.24, 2.45) is 7.05 Å². The molecule has 9 nitrogen and oxygen atoms in total. The number of nitrogens with one attached hydrogen (secondary N) is 1. The van der Waals surface area contributed by atoms with E-state index in [1.54, 1.807) is 18.4 Å². The van der Waals surface area contributed by atoms with Crippen molar-refractivity contribution in [2.45, 2.75) is 31.7 Å². The fourth-order valence-corrected chi connectivity index (χ4v) is 3.81. The topological polar surface area (TPSA) is 103 Å². The molecule has 0 amide bonds. The van der Waals surface area contributed by atoms with Gasteiger partial charge in [-0.1, -0.05) is 23.7 Å². The molecule has 0 radical (unpaired) electrons. The number of hydrogen-bond donors (Lipinski definition) is 2. The molecule has 1 aliphatic heterocycles. The molecule has 0 fully saturated rings. The highest BCUT2D eigenvalue weighted by molar-refractivity contribution is 6.31. The van der Waals surface area contributed by atoms with E-state index in [1.807, 2.05) is 0 Å². The average Bonchev–Trinajstić information content (AvgIpc) is 3.16. The average molecular weight is 512 g/mol. The molecule has 1 atom stereocenters. The van der Waals surface area contributed by atoms with Gasteiger partial charge in [-0.2, -0.15) is 18.2 Å². The van der Waals surface area contributed by atoms with Crippen LogP contribution in [0, 0.1) is 0 Å². The molecule has 0 saturated heterocycles. The highest BCUT2D eigenvalue weighted by Crippen LogP contribution is 2.33. The zero-order valence-electron chi connectivity index (χ0n) is 18.4. The van der Waals surface area contributed by atoms with Crippen LogP contribution >= 0.6 is 11.6 Å². The van der Waals surface area contributed by atoms with Crippen LogP contribution in [0.25, 0.3) is 11.2 Å². The first-order valence-electron chi connectivity index (χ1n) is 10.6. The third kappa shape index (κ3) is 4.98. The van der Waals surface area contributed by atoms with E-state index in [9.17, 15) is 22.8 Å². The number of allylic oxidation sites excluding steroid dienone is 2. The third-order valence-corrected chi connectivity index (χ3v) is 5.65. The van der Waals surface area contributed by atoms with Gasteiger partial charge in [-0.3, -0.25) is 18.5 Å². The van der Waals surface area contributed by atoms with Crippen LogP contribution in [-0.2, 0) is 26.3 Å². The van der Waals surface area contributed by atoms with Crippen LogP contribution in [0.2, 0.25) is 0 Å². The molecule has 0 aliphatic carbocycles. The zero-order valence-corrected chi connectivity index (χ0v) is 19.2. The van der Waals surface area contributed by atoms with Crippen molar-refractivity contribution in [3.8, 4) is 11.8 Å². The SMILES string of the molecule is Cn1c(=O)n(CCCO)c(=O)c2c1nc(Oc1cccc(C(F)(F)F)c1)n2CC1C=CC(Cl)=CN1. The lowest BCUT2D eigenvalue weighted by atomic mass is 10.2. The Morgan fingerprint density at radius 3 is 2.69 bits per heavy atom. The fourth-order valence-electron chi connectivity index (χ4n) is 3.67. The molecule has 3 aromatic rings. The van der Waals surface area contributed by atoms with Crippen molar-refractivity contribution >= 4 is 22.8 Å². The van der Waals surface area contributed by atoms with Gasteiger partial charge < -0.3 is 15.2 Å². The standard InChI is InChI=1S/C22H21ClF3N5O4/c1-29-18-17(19(33)30(21(29)34)8-3-9-32)31(12-15-7-6-14(23)11-27-15)20(28-18)35-16-5-2-4-13(10-16)22(24,25)26/h2,4-7,10-11,15,27,32H,3,8-9,12H2,1H3. The molecule has 0 spiro atoms. The maximum absolute atomic E-state index is 13.3. The normalized spacial score (nSPS) is 15.8. The first-order valence-corrected chi connectivity index (χ1v) is 10.9. The summed E-state index contributed by atoms with van der Waals surface area (Å²) in [6.07, 6.45) is 0.567. The zero-order chi connectivity index (χ0) is 25.3. The number of hydrogen-bond acceptors (Lipinski definition) is 6. The lowest BCUT2D eigenvalue weighted by molar-refractivity contribution is -0.137. The third-order valence-electron chi connectivity index (χ3n) is 5.41. The highest BCUT2D eigenvalue weighted by Gasteiger charge is 2.31. The maximum Gasteiger partial charge on any atom is 0.416 e. The molecule has 3 heterocycles. The Bertz CT molecular complexity index is 1440. The van der Waals surface area contributed by atoms with E-state index in [4.69, 9.17) is 21.4 Å². The number of dihydropyridines is 1. The van der Waals surface area contributed by atoms with Gasteiger partial charge in [-0.25, -0.2) is 4.79 Å². The van der Waals surface area contributed by atoms with Crippen molar-refractivity contribution < 1.29 is 23.0 Å².